The van der Waals surface area contributed by atoms with Crippen LogP contribution in [-0.2, 0) is 13.6 Å². The molecule has 0 unspecified atom stereocenters. The monoisotopic (exact) mass is 263 g/mol. The van der Waals surface area contributed by atoms with Crippen LogP contribution in [0.25, 0.3) is 0 Å². The Morgan fingerprint density at radius 3 is 2.67 bits per heavy atom. The Hall–Kier alpha value is -1.40. The van der Waals surface area contributed by atoms with Crippen molar-refractivity contribution in [3.63, 3.8) is 0 Å². The standard InChI is InChI=1S/C12H17N5S/c1-3-4-13-7-10-8-15-11(16-9-10)18-12-14-5-6-17(12)2/h5-6,8-9,13H,3-4,7H2,1-2H3. The number of hydrogen-bond donors (Lipinski definition) is 1. The Morgan fingerprint density at radius 1 is 1.28 bits per heavy atom. The predicted octanol–water partition coefficient (Wildman–Crippen LogP) is 1.86. The number of hydrogen-bond acceptors (Lipinski definition) is 5. The second-order valence-electron chi connectivity index (χ2n) is 3.97. The van der Waals surface area contributed by atoms with Crippen LogP contribution in [0.15, 0.2) is 35.1 Å². The van der Waals surface area contributed by atoms with Crippen LogP contribution in [0, 0.1) is 0 Å². The largest absolute Gasteiger partial charge is 0.329 e. The van der Waals surface area contributed by atoms with E-state index in [0.717, 1.165) is 35.4 Å². The summed E-state index contributed by atoms with van der Waals surface area (Å²) in [6, 6.07) is 0. The van der Waals surface area contributed by atoms with E-state index in [9.17, 15) is 0 Å². The normalized spacial score (nSPS) is 10.8. The average molecular weight is 263 g/mol. The van der Waals surface area contributed by atoms with E-state index in [4.69, 9.17) is 0 Å². The van der Waals surface area contributed by atoms with E-state index in [1.807, 2.05) is 30.2 Å². The SMILES string of the molecule is CCCNCc1cnc(Sc2nccn2C)nc1. The number of rotatable bonds is 6. The molecule has 0 spiro atoms. The van der Waals surface area contributed by atoms with Gasteiger partial charge in [0.1, 0.15) is 0 Å². The fourth-order valence-electron chi connectivity index (χ4n) is 1.43. The molecule has 1 N–H and O–H groups in total. The minimum atomic E-state index is 0.726. The van der Waals surface area contributed by atoms with E-state index in [0.29, 0.717) is 0 Å². The van der Waals surface area contributed by atoms with Crippen molar-refractivity contribution >= 4 is 11.8 Å². The highest BCUT2D eigenvalue weighted by molar-refractivity contribution is 7.99. The Labute approximate surface area is 111 Å². The van der Waals surface area contributed by atoms with E-state index in [1.54, 1.807) is 6.20 Å². The lowest BCUT2D eigenvalue weighted by atomic mass is 10.3. The average Bonchev–Trinajstić information content (AvgIpc) is 2.78. The van der Waals surface area contributed by atoms with Crippen molar-refractivity contribution in [1.29, 1.82) is 0 Å². The molecule has 5 nitrogen and oxygen atoms in total. The van der Waals surface area contributed by atoms with Gasteiger partial charge in [-0.3, -0.25) is 0 Å². The minimum Gasteiger partial charge on any atom is -0.329 e. The van der Waals surface area contributed by atoms with Crippen LogP contribution in [0.2, 0.25) is 0 Å². The molecule has 0 fully saturated rings. The van der Waals surface area contributed by atoms with E-state index in [-0.39, 0.29) is 0 Å². The summed E-state index contributed by atoms with van der Waals surface area (Å²) in [4.78, 5) is 12.9. The van der Waals surface area contributed by atoms with Crippen LogP contribution in [0.5, 0.6) is 0 Å². The number of nitrogens with one attached hydrogen (secondary N) is 1. The van der Waals surface area contributed by atoms with Crippen LogP contribution in [0.3, 0.4) is 0 Å². The first-order valence-electron chi connectivity index (χ1n) is 5.96. The fourth-order valence-corrected chi connectivity index (χ4v) is 2.12. The first-order chi connectivity index (χ1) is 8.79. The molecule has 18 heavy (non-hydrogen) atoms. The van der Waals surface area contributed by atoms with Gasteiger partial charge in [0, 0.05) is 43.9 Å². The molecule has 2 rings (SSSR count). The van der Waals surface area contributed by atoms with Crippen molar-refractivity contribution in [2.45, 2.75) is 30.2 Å². The summed E-state index contributed by atoms with van der Waals surface area (Å²) in [5.74, 6) is 0. The van der Waals surface area contributed by atoms with Gasteiger partial charge in [-0.1, -0.05) is 6.92 Å². The molecule has 2 aromatic heterocycles. The van der Waals surface area contributed by atoms with Gasteiger partial charge in [-0.25, -0.2) is 15.0 Å². The molecule has 2 aromatic rings. The van der Waals surface area contributed by atoms with Gasteiger partial charge in [-0.05, 0) is 24.7 Å². The number of nitrogens with zero attached hydrogens (tertiary/aromatic N) is 4. The molecule has 0 bridgehead atoms. The van der Waals surface area contributed by atoms with Crippen LogP contribution in [-0.4, -0.2) is 26.1 Å². The van der Waals surface area contributed by atoms with Gasteiger partial charge in [0.15, 0.2) is 10.3 Å². The first kappa shape index (κ1) is 13.0. The zero-order valence-corrected chi connectivity index (χ0v) is 11.4. The topological polar surface area (TPSA) is 55.6 Å². The molecule has 0 amide bonds. The molecule has 0 radical (unpaired) electrons. The van der Waals surface area contributed by atoms with Crippen molar-refractivity contribution in [3.05, 3.63) is 30.4 Å². The van der Waals surface area contributed by atoms with Gasteiger partial charge in [-0.15, -0.1) is 0 Å². The zero-order valence-electron chi connectivity index (χ0n) is 10.6. The van der Waals surface area contributed by atoms with Crippen LogP contribution in [0.1, 0.15) is 18.9 Å². The molecular weight excluding hydrogens is 246 g/mol. The number of imidazole rings is 1. The zero-order chi connectivity index (χ0) is 12.8. The summed E-state index contributed by atoms with van der Waals surface area (Å²) in [6.07, 6.45) is 8.53. The Kier molecular flexibility index (Phi) is 4.72. The van der Waals surface area contributed by atoms with Crippen molar-refractivity contribution in [2.24, 2.45) is 7.05 Å². The van der Waals surface area contributed by atoms with Crippen LogP contribution < -0.4 is 5.32 Å². The van der Waals surface area contributed by atoms with E-state index in [1.165, 1.54) is 11.8 Å². The summed E-state index contributed by atoms with van der Waals surface area (Å²) < 4.78 is 1.95. The highest BCUT2D eigenvalue weighted by Gasteiger charge is 2.04. The molecule has 6 heteroatoms. The quantitative estimate of drug-likeness (QED) is 0.637. The maximum atomic E-state index is 4.33. The van der Waals surface area contributed by atoms with Gasteiger partial charge < -0.3 is 9.88 Å². The molecule has 0 aliphatic heterocycles. The van der Waals surface area contributed by atoms with Gasteiger partial charge in [-0.2, -0.15) is 0 Å². The Balaban J connectivity index is 1.93. The Morgan fingerprint density at radius 2 is 2.06 bits per heavy atom. The molecule has 0 saturated carbocycles. The van der Waals surface area contributed by atoms with Gasteiger partial charge in [0.2, 0.25) is 0 Å². The molecule has 96 valence electrons. The summed E-state index contributed by atoms with van der Waals surface area (Å²) in [5, 5.41) is 4.94. The van der Waals surface area contributed by atoms with Crippen molar-refractivity contribution in [3.8, 4) is 0 Å². The third kappa shape index (κ3) is 3.54. The second kappa shape index (κ2) is 6.51. The molecule has 0 saturated heterocycles. The van der Waals surface area contributed by atoms with Crippen molar-refractivity contribution in [2.75, 3.05) is 6.54 Å². The van der Waals surface area contributed by atoms with E-state index < -0.39 is 0 Å². The van der Waals surface area contributed by atoms with E-state index in [2.05, 4.69) is 27.2 Å². The molecule has 2 heterocycles. The first-order valence-corrected chi connectivity index (χ1v) is 6.78. The summed E-state index contributed by atoms with van der Waals surface area (Å²) in [5.41, 5.74) is 1.10. The maximum Gasteiger partial charge on any atom is 0.195 e. The summed E-state index contributed by atoms with van der Waals surface area (Å²) in [7, 11) is 1.96. The van der Waals surface area contributed by atoms with Crippen LogP contribution in [0.4, 0.5) is 0 Å². The number of aromatic nitrogens is 4. The maximum absolute atomic E-state index is 4.33. The number of aryl methyl sites for hydroxylation is 1. The lowest BCUT2D eigenvalue weighted by molar-refractivity contribution is 0.669. The van der Waals surface area contributed by atoms with Crippen LogP contribution >= 0.6 is 11.8 Å². The lowest BCUT2D eigenvalue weighted by Crippen LogP contribution is -2.14. The minimum absolute atomic E-state index is 0.726. The van der Waals surface area contributed by atoms with Gasteiger partial charge >= 0.3 is 0 Å². The third-order valence-corrected chi connectivity index (χ3v) is 3.37. The highest BCUT2D eigenvalue weighted by Crippen LogP contribution is 2.21. The highest BCUT2D eigenvalue weighted by atomic mass is 32.2. The summed E-state index contributed by atoms with van der Waals surface area (Å²) in [6.45, 7) is 3.99. The van der Waals surface area contributed by atoms with E-state index >= 15 is 0 Å². The second-order valence-corrected chi connectivity index (χ2v) is 4.91. The van der Waals surface area contributed by atoms with Gasteiger partial charge in [0.25, 0.3) is 0 Å². The molecule has 0 aliphatic carbocycles. The third-order valence-electron chi connectivity index (χ3n) is 2.40. The van der Waals surface area contributed by atoms with Gasteiger partial charge in [0.05, 0.1) is 0 Å². The molecule has 0 aliphatic rings. The molecule has 0 atom stereocenters. The van der Waals surface area contributed by atoms with Crippen molar-refractivity contribution < 1.29 is 0 Å². The lowest BCUT2D eigenvalue weighted by Gasteiger charge is -2.03. The smallest absolute Gasteiger partial charge is 0.195 e. The summed E-state index contributed by atoms with van der Waals surface area (Å²) >= 11 is 1.47. The Bertz CT molecular complexity index is 479. The fraction of sp³-hybridized carbons (Fsp3) is 0.417. The molecule has 0 aromatic carbocycles. The molecular formula is C12H17N5S. The van der Waals surface area contributed by atoms with Crippen molar-refractivity contribution in [1.82, 2.24) is 24.8 Å². The predicted molar refractivity (Wildman–Crippen MR) is 71.4 cm³/mol.